The second-order valence-corrected chi connectivity index (χ2v) is 6.62. The molecule has 0 saturated carbocycles. The van der Waals surface area contributed by atoms with Gasteiger partial charge in [-0.15, -0.1) is 0 Å². The van der Waals surface area contributed by atoms with Crippen LogP contribution in [0.5, 0.6) is 5.88 Å². The van der Waals surface area contributed by atoms with Crippen molar-refractivity contribution in [1.29, 1.82) is 0 Å². The molecule has 30 heavy (non-hydrogen) atoms. The number of carbonyl (C=O) groups excluding carboxylic acids is 1. The molecule has 0 amide bonds. The Labute approximate surface area is 168 Å². The van der Waals surface area contributed by atoms with Crippen LogP contribution >= 0.6 is 0 Å². The molecule has 1 aromatic heterocycles. The Bertz CT molecular complexity index is 942. The molecule has 2 aromatic rings. The molecule has 160 valence electrons. The number of ether oxygens (including phenoxy) is 2. The monoisotopic (exact) mass is 426 g/mol. The Kier molecular flexibility index (Phi) is 6.48. The Morgan fingerprint density at radius 3 is 2.70 bits per heavy atom. The third-order valence-corrected chi connectivity index (χ3v) is 4.58. The highest BCUT2D eigenvalue weighted by Crippen LogP contribution is 2.37. The largest absolute Gasteiger partial charge is 0.459 e. The zero-order valence-corrected chi connectivity index (χ0v) is 15.7. The number of nitrogens with zero attached hydrogens (tertiary/aromatic N) is 3. The molecular weight excluding hydrogens is 408 g/mol. The number of nitrogens with two attached hydrogens (primary N) is 1. The van der Waals surface area contributed by atoms with Crippen molar-refractivity contribution < 1.29 is 31.8 Å². The summed E-state index contributed by atoms with van der Waals surface area (Å²) in [5.74, 6) is -1.31. The van der Waals surface area contributed by atoms with Gasteiger partial charge >= 0.3 is 0 Å². The van der Waals surface area contributed by atoms with Gasteiger partial charge in [0.05, 0.1) is 12.4 Å². The van der Waals surface area contributed by atoms with Crippen LogP contribution < -0.4 is 10.5 Å². The van der Waals surface area contributed by atoms with Crippen LogP contribution in [0.15, 0.2) is 35.6 Å². The molecule has 1 aliphatic heterocycles. The van der Waals surface area contributed by atoms with Gasteiger partial charge in [0.2, 0.25) is 12.7 Å². The molecule has 1 aromatic carbocycles. The van der Waals surface area contributed by atoms with Crippen molar-refractivity contribution in [2.75, 3.05) is 20.2 Å². The molecule has 3 rings (SSSR count). The highest BCUT2D eigenvalue weighted by molar-refractivity contribution is 5.95. The Morgan fingerprint density at radius 1 is 1.27 bits per heavy atom. The number of rotatable bonds is 8. The number of alkyl halides is 3. The molecule has 0 unspecified atom stereocenters. The first-order valence-corrected chi connectivity index (χ1v) is 8.87. The number of amidine groups is 1. The number of halogens is 4. The summed E-state index contributed by atoms with van der Waals surface area (Å²) in [5.41, 5.74) is 3.96. The van der Waals surface area contributed by atoms with Crippen molar-refractivity contribution in [3.05, 3.63) is 53.2 Å². The number of benzene rings is 1. The highest BCUT2D eigenvalue weighted by Gasteiger charge is 2.42. The van der Waals surface area contributed by atoms with Gasteiger partial charge in [0.15, 0.2) is 5.78 Å². The van der Waals surface area contributed by atoms with Crippen LogP contribution in [0.25, 0.3) is 0 Å². The van der Waals surface area contributed by atoms with E-state index in [2.05, 4.69) is 19.7 Å². The number of aromatic nitrogens is 2. The van der Waals surface area contributed by atoms with Crippen molar-refractivity contribution in [3.8, 4) is 5.88 Å². The minimum absolute atomic E-state index is 0.0156. The Balaban J connectivity index is 1.87. The van der Waals surface area contributed by atoms with E-state index in [1.807, 2.05) is 0 Å². The smallest absolute Gasteiger partial charge is 0.283 e. The highest BCUT2D eigenvalue weighted by atomic mass is 19.1. The summed E-state index contributed by atoms with van der Waals surface area (Å²) >= 11 is 0. The third kappa shape index (κ3) is 4.50. The maximum absolute atomic E-state index is 14.6. The zero-order chi connectivity index (χ0) is 21.7. The predicted octanol–water partition coefficient (Wildman–Crippen LogP) is 2.58. The van der Waals surface area contributed by atoms with Gasteiger partial charge in [0, 0.05) is 18.4 Å². The molecular formula is C19H18F4N4O3. The minimum Gasteiger partial charge on any atom is -0.459 e. The number of carbonyl (C=O) groups is 1. The number of Topliss-reactive ketones (excluding diaryl/α,β-unsaturated/α-hetero) is 1. The van der Waals surface area contributed by atoms with E-state index in [1.54, 1.807) is 0 Å². The van der Waals surface area contributed by atoms with Crippen LogP contribution in [0.1, 0.15) is 28.0 Å². The SMILES string of the molecule is NC1=N[C@](CF)(c2cc(CC(=O)c3cnc(OCF)cn3)ccc2F)C[C@@H](CF)O1. The predicted molar refractivity (Wildman–Crippen MR) is 97.8 cm³/mol. The number of hydrogen-bond donors (Lipinski definition) is 1. The van der Waals surface area contributed by atoms with Crippen LogP contribution in [0, 0.1) is 5.82 Å². The summed E-state index contributed by atoms with van der Waals surface area (Å²) in [6, 6.07) is 3.28. The van der Waals surface area contributed by atoms with Crippen molar-refractivity contribution in [3.63, 3.8) is 0 Å². The lowest BCUT2D eigenvalue weighted by molar-refractivity contribution is 0.0781. The van der Waals surface area contributed by atoms with E-state index in [1.165, 1.54) is 12.1 Å². The van der Waals surface area contributed by atoms with E-state index in [-0.39, 0.29) is 30.0 Å². The molecule has 11 heteroatoms. The normalized spacial score (nSPS) is 20.9. The third-order valence-electron chi connectivity index (χ3n) is 4.58. The van der Waals surface area contributed by atoms with Gasteiger partial charge in [-0.1, -0.05) is 6.07 Å². The van der Waals surface area contributed by atoms with Crippen LogP contribution in [-0.4, -0.2) is 48.1 Å². The number of hydrogen-bond acceptors (Lipinski definition) is 7. The van der Waals surface area contributed by atoms with E-state index in [0.717, 1.165) is 18.5 Å². The average molecular weight is 426 g/mol. The second kappa shape index (κ2) is 9.06. The Hall–Kier alpha value is -3.24. The summed E-state index contributed by atoms with van der Waals surface area (Å²) in [4.78, 5) is 24.0. The lowest BCUT2D eigenvalue weighted by Crippen LogP contribution is -2.43. The molecule has 2 N–H and O–H groups in total. The molecule has 0 spiro atoms. The molecule has 2 atom stereocenters. The fourth-order valence-electron chi connectivity index (χ4n) is 3.19. The topological polar surface area (TPSA) is 99.7 Å². The standard InChI is InChI=1S/C19H18F4N4O3/c20-6-12-5-19(9-21,27-18(24)30-12)13-3-11(1-2-14(13)23)4-16(28)15-7-26-17(8-25-15)29-10-22/h1-3,7-8,12H,4-6,9-10H2,(H2,24,27)/t12-,19+/m0/s1. The van der Waals surface area contributed by atoms with Crippen LogP contribution in [0.2, 0.25) is 0 Å². The van der Waals surface area contributed by atoms with Gasteiger partial charge in [-0.05, 0) is 17.7 Å². The van der Waals surface area contributed by atoms with Crippen LogP contribution in [0.3, 0.4) is 0 Å². The van der Waals surface area contributed by atoms with Gasteiger partial charge in [-0.2, -0.15) is 0 Å². The molecule has 0 aliphatic carbocycles. The molecule has 0 fully saturated rings. The first-order chi connectivity index (χ1) is 14.4. The second-order valence-electron chi connectivity index (χ2n) is 6.62. The van der Waals surface area contributed by atoms with Gasteiger partial charge < -0.3 is 15.2 Å². The van der Waals surface area contributed by atoms with Crippen LogP contribution in [-0.2, 0) is 16.7 Å². The lowest BCUT2D eigenvalue weighted by Gasteiger charge is -2.35. The van der Waals surface area contributed by atoms with Crippen LogP contribution in [0.4, 0.5) is 17.6 Å². The maximum atomic E-state index is 14.6. The fourth-order valence-corrected chi connectivity index (χ4v) is 3.19. The molecule has 7 nitrogen and oxygen atoms in total. The summed E-state index contributed by atoms with van der Waals surface area (Å²) in [7, 11) is 0. The van der Waals surface area contributed by atoms with Crippen molar-refractivity contribution in [1.82, 2.24) is 9.97 Å². The van der Waals surface area contributed by atoms with E-state index in [9.17, 15) is 22.4 Å². The summed E-state index contributed by atoms with van der Waals surface area (Å²) < 4.78 is 63.3. The van der Waals surface area contributed by atoms with E-state index < -0.39 is 49.5 Å². The molecule has 0 bridgehead atoms. The molecule has 0 radical (unpaired) electrons. The first kappa shape index (κ1) is 21.5. The number of ketones is 1. The molecule has 0 saturated heterocycles. The fraction of sp³-hybridized carbons (Fsp3) is 0.368. The van der Waals surface area contributed by atoms with Gasteiger partial charge in [-0.3, -0.25) is 4.79 Å². The maximum Gasteiger partial charge on any atom is 0.283 e. The van der Waals surface area contributed by atoms with E-state index in [0.29, 0.717) is 5.56 Å². The summed E-state index contributed by atoms with van der Waals surface area (Å²) in [6.45, 7) is -3.17. The molecule has 1 aliphatic rings. The quantitative estimate of drug-likeness (QED) is 0.515. The zero-order valence-electron chi connectivity index (χ0n) is 15.7. The summed E-state index contributed by atoms with van der Waals surface area (Å²) in [5, 5.41) is 0. The average Bonchev–Trinajstić information content (AvgIpc) is 2.75. The first-order valence-electron chi connectivity index (χ1n) is 8.87. The van der Waals surface area contributed by atoms with Gasteiger partial charge in [0.25, 0.3) is 6.02 Å². The van der Waals surface area contributed by atoms with Crippen molar-refractivity contribution in [2.45, 2.75) is 24.5 Å². The van der Waals surface area contributed by atoms with Gasteiger partial charge in [-0.25, -0.2) is 32.5 Å². The van der Waals surface area contributed by atoms with Crippen molar-refractivity contribution in [2.24, 2.45) is 10.7 Å². The van der Waals surface area contributed by atoms with Gasteiger partial charge in [0.1, 0.15) is 36.5 Å². The minimum atomic E-state index is -1.76. The van der Waals surface area contributed by atoms with Crippen molar-refractivity contribution >= 4 is 11.8 Å². The summed E-state index contributed by atoms with van der Waals surface area (Å²) in [6.07, 6.45) is 0.698. The lowest BCUT2D eigenvalue weighted by atomic mass is 9.84. The van der Waals surface area contributed by atoms with E-state index in [4.69, 9.17) is 10.5 Å². The number of aliphatic imine (C=N–C) groups is 1. The molecule has 2 heterocycles. The Morgan fingerprint density at radius 2 is 2.07 bits per heavy atom. The van der Waals surface area contributed by atoms with E-state index >= 15 is 0 Å².